The molecule has 2 aromatic heterocycles. The van der Waals surface area contributed by atoms with E-state index in [2.05, 4.69) is 28.1 Å². The summed E-state index contributed by atoms with van der Waals surface area (Å²) in [5.41, 5.74) is 6.04. The van der Waals surface area contributed by atoms with Crippen molar-refractivity contribution in [1.82, 2.24) is 19.5 Å². The van der Waals surface area contributed by atoms with Crippen LogP contribution in [-0.4, -0.2) is 58.3 Å². The van der Waals surface area contributed by atoms with Crippen LogP contribution in [0.5, 0.6) is 0 Å². The van der Waals surface area contributed by atoms with E-state index in [1.807, 2.05) is 0 Å². The highest BCUT2D eigenvalue weighted by molar-refractivity contribution is 7.66. The summed E-state index contributed by atoms with van der Waals surface area (Å²) in [6, 6.07) is -1.04. The van der Waals surface area contributed by atoms with Crippen molar-refractivity contribution in [1.29, 1.82) is 0 Å². The Hall–Kier alpha value is -1.90. The molecule has 0 aliphatic rings. The number of rotatable bonds is 12. The molecule has 0 fully saturated rings. The molecule has 0 bridgehead atoms. The Morgan fingerprint density at radius 3 is 2.29 bits per heavy atom. The standard InChI is InChI=1S/C11H16N5O12P3/c12-10-9-11(14-5-13-10)16(6-15-9)8(3-18)1-7(2-17)4-26-30(22,23)28-31(24,25)27-29(19,20)21/h2-3,5-8H,1,4H2,(H,22,23)(H,24,25)(H2,12,13,14)(H2,19,20,21)/t7-,8-/m1/s1. The van der Waals surface area contributed by atoms with Crippen molar-refractivity contribution in [3.63, 3.8) is 0 Å². The fourth-order valence-corrected chi connectivity index (χ4v) is 5.39. The van der Waals surface area contributed by atoms with Crippen LogP contribution in [0.4, 0.5) is 5.82 Å². The molecule has 2 unspecified atom stereocenters. The number of hydrogen-bond acceptors (Lipinski definition) is 12. The summed E-state index contributed by atoms with van der Waals surface area (Å²) in [7, 11) is -16.6. The fourth-order valence-electron chi connectivity index (χ4n) is 2.31. The molecule has 2 rings (SSSR count). The normalized spacial score (nSPS) is 18.1. The minimum absolute atomic E-state index is 0.0491. The lowest BCUT2D eigenvalue weighted by atomic mass is 10.0. The minimum Gasteiger partial charge on any atom is -0.382 e. The molecule has 4 atom stereocenters. The molecule has 0 spiro atoms. The Kier molecular flexibility index (Phi) is 7.94. The van der Waals surface area contributed by atoms with Crippen molar-refractivity contribution < 1.29 is 56.0 Å². The third-order valence-electron chi connectivity index (χ3n) is 3.51. The van der Waals surface area contributed by atoms with Crippen LogP contribution >= 0.6 is 23.5 Å². The van der Waals surface area contributed by atoms with E-state index < -0.39 is 42.0 Å². The Balaban J connectivity index is 2.08. The number of nitrogen functional groups attached to an aromatic ring is 1. The summed E-state index contributed by atoms with van der Waals surface area (Å²) in [5.74, 6) is -1.16. The van der Waals surface area contributed by atoms with Gasteiger partial charge in [-0.2, -0.15) is 8.62 Å². The predicted octanol–water partition coefficient (Wildman–Crippen LogP) is -0.303. The third-order valence-corrected chi connectivity index (χ3v) is 7.31. The SMILES string of the molecule is Nc1ncnc2c1ncn2[C@@H](C=O)C[C@H](C=O)COP(=O)(O)OP(=O)(O)OP(=O)(O)O. The summed E-state index contributed by atoms with van der Waals surface area (Å²) >= 11 is 0. The van der Waals surface area contributed by atoms with E-state index in [1.54, 1.807) is 0 Å². The van der Waals surface area contributed by atoms with Gasteiger partial charge in [0.1, 0.15) is 24.4 Å². The molecule has 0 aromatic carbocycles. The van der Waals surface area contributed by atoms with Gasteiger partial charge >= 0.3 is 23.5 Å². The van der Waals surface area contributed by atoms with Gasteiger partial charge in [0.15, 0.2) is 11.5 Å². The topological polar surface area (TPSA) is 264 Å². The van der Waals surface area contributed by atoms with E-state index >= 15 is 0 Å². The second-order valence-electron chi connectivity index (χ2n) is 5.81. The zero-order valence-corrected chi connectivity index (χ0v) is 17.8. The van der Waals surface area contributed by atoms with E-state index in [4.69, 9.17) is 20.4 Å². The Bertz CT molecular complexity index is 1100. The molecule has 2 aromatic rings. The first-order valence-corrected chi connectivity index (χ1v) is 12.4. The largest absolute Gasteiger partial charge is 0.490 e. The molecular formula is C11H16N5O12P3. The van der Waals surface area contributed by atoms with Crippen molar-refractivity contribution >= 4 is 53.0 Å². The lowest BCUT2D eigenvalue weighted by Gasteiger charge is -2.19. The highest BCUT2D eigenvalue weighted by Gasteiger charge is 2.41. The number of phosphoric acid groups is 3. The molecule has 172 valence electrons. The predicted molar refractivity (Wildman–Crippen MR) is 98.8 cm³/mol. The van der Waals surface area contributed by atoms with E-state index in [0.29, 0.717) is 6.29 Å². The molecule has 2 heterocycles. The first-order valence-electron chi connectivity index (χ1n) is 7.89. The smallest absolute Gasteiger partial charge is 0.382 e. The molecule has 0 radical (unpaired) electrons. The zero-order valence-electron chi connectivity index (χ0n) is 15.1. The molecule has 0 aliphatic heterocycles. The Morgan fingerprint density at radius 2 is 1.71 bits per heavy atom. The van der Waals surface area contributed by atoms with E-state index in [0.717, 1.165) is 6.33 Å². The lowest BCUT2D eigenvalue weighted by Crippen LogP contribution is -2.19. The van der Waals surface area contributed by atoms with Crippen LogP contribution in [0.1, 0.15) is 12.5 Å². The number of hydrogen-bond donors (Lipinski definition) is 5. The third kappa shape index (κ3) is 7.33. The maximum absolute atomic E-state index is 11.7. The van der Waals surface area contributed by atoms with Crippen molar-refractivity contribution in [3.05, 3.63) is 12.7 Å². The van der Waals surface area contributed by atoms with Gasteiger partial charge < -0.3 is 39.5 Å². The number of carbonyl (C=O) groups is 2. The van der Waals surface area contributed by atoms with Crippen molar-refractivity contribution in [2.75, 3.05) is 12.3 Å². The van der Waals surface area contributed by atoms with Crippen LogP contribution in [0.2, 0.25) is 0 Å². The number of fused-ring (bicyclic) bond motifs is 1. The second kappa shape index (κ2) is 9.71. The summed E-state index contributed by atoms with van der Waals surface area (Å²) in [6.07, 6.45) is 2.80. The van der Waals surface area contributed by atoms with Gasteiger partial charge in [-0.1, -0.05) is 0 Å². The van der Waals surface area contributed by atoms with Gasteiger partial charge in [0, 0.05) is 5.92 Å². The van der Waals surface area contributed by atoms with E-state index in [9.17, 15) is 28.2 Å². The summed E-state index contributed by atoms with van der Waals surface area (Å²) in [4.78, 5) is 70.0. The van der Waals surface area contributed by atoms with Crippen LogP contribution < -0.4 is 5.73 Å². The average Bonchev–Trinajstić information content (AvgIpc) is 3.04. The Labute approximate surface area is 172 Å². The number of aromatic nitrogens is 4. The van der Waals surface area contributed by atoms with E-state index in [-0.39, 0.29) is 29.7 Å². The van der Waals surface area contributed by atoms with Crippen LogP contribution in [0.15, 0.2) is 12.7 Å². The molecule has 31 heavy (non-hydrogen) atoms. The van der Waals surface area contributed by atoms with Gasteiger partial charge in [-0.15, -0.1) is 0 Å². The van der Waals surface area contributed by atoms with Gasteiger partial charge in [0.25, 0.3) is 0 Å². The van der Waals surface area contributed by atoms with Crippen LogP contribution in [0.25, 0.3) is 11.2 Å². The monoisotopic (exact) mass is 503 g/mol. The zero-order chi connectivity index (χ0) is 23.4. The maximum Gasteiger partial charge on any atom is 0.490 e. The van der Waals surface area contributed by atoms with E-state index in [1.165, 1.54) is 10.9 Å². The molecule has 0 amide bonds. The summed E-state index contributed by atoms with van der Waals surface area (Å²) in [6.45, 7) is -0.874. The minimum atomic E-state index is -5.69. The number of nitrogens with two attached hydrogens (primary N) is 1. The molecule has 17 nitrogen and oxygen atoms in total. The highest BCUT2D eigenvalue weighted by Crippen LogP contribution is 2.66. The Morgan fingerprint density at radius 1 is 1.03 bits per heavy atom. The first kappa shape index (κ1) is 25.4. The maximum atomic E-state index is 11.7. The van der Waals surface area contributed by atoms with Gasteiger partial charge in [-0.05, 0) is 6.42 Å². The first-order chi connectivity index (χ1) is 14.3. The molecule has 0 saturated heterocycles. The van der Waals surface area contributed by atoms with Crippen LogP contribution in [-0.2, 0) is 36.4 Å². The molecular weight excluding hydrogens is 487 g/mol. The molecule has 6 N–H and O–H groups in total. The van der Waals surface area contributed by atoms with Gasteiger partial charge in [0.05, 0.1) is 19.0 Å². The number of imidazole rings is 1. The number of phosphoric ester groups is 1. The van der Waals surface area contributed by atoms with Crippen molar-refractivity contribution in [2.24, 2.45) is 5.92 Å². The number of carbonyl (C=O) groups excluding carboxylic acids is 2. The van der Waals surface area contributed by atoms with Crippen LogP contribution in [0.3, 0.4) is 0 Å². The highest BCUT2D eigenvalue weighted by atomic mass is 31.3. The summed E-state index contributed by atoms with van der Waals surface area (Å²) in [5, 5.41) is 0. The molecule has 20 heteroatoms. The van der Waals surface area contributed by atoms with Gasteiger partial charge in [0.2, 0.25) is 0 Å². The van der Waals surface area contributed by atoms with Crippen LogP contribution in [0, 0.1) is 5.92 Å². The fraction of sp³-hybridized carbons (Fsp3) is 0.364. The molecule has 0 saturated carbocycles. The van der Waals surface area contributed by atoms with Crippen molar-refractivity contribution in [3.8, 4) is 0 Å². The van der Waals surface area contributed by atoms with Crippen molar-refractivity contribution in [2.45, 2.75) is 12.5 Å². The number of aldehydes is 2. The lowest BCUT2D eigenvalue weighted by molar-refractivity contribution is -0.114. The number of anilines is 1. The second-order valence-corrected chi connectivity index (χ2v) is 10.2. The number of nitrogens with zero attached hydrogens (tertiary/aromatic N) is 4. The summed E-state index contributed by atoms with van der Waals surface area (Å²) < 4.78 is 46.4. The molecule has 0 aliphatic carbocycles. The van der Waals surface area contributed by atoms with Gasteiger partial charge in [-0.25, -0.2) is 28.6 Å². The average molecular weight is 503 g/mol. The van der Waals surface area contributed by atoms with Gasteiger partial charge in [-0.3, -0.25) is 4.52 Å². The quantitative estimate of drug-likeness (QED) is 0.184.